The minimum atomic E-state index is -3.28. The number of hydrogen-bond acceptors (Lipinski definition) is 8. The van der Waals surface area contributed by atoms with Gasteiger partial charge in [-0.1, -0.05) is 10.3 Å². The molecule has 0 saturated heterocycles. The third-order valence-corrected chi connectivity index (χ3v) is 4.16. The summed E-state index contributed by atoms with van der Waals surface area (Å²) >= 11 is 0. The van der Waals surface area contributed by atoms with Crippen LogP contribution >= 0.6 is 0 Å². The highest BCUT2D eigenvalue weighted by Crippen LogP contribution is 2.22. The van der Waals surface area contributed by atoms with Crippen LogP contribution in [0.4, 0.5) is 6.01 Å². The van der Waals surface area contributed by atoms with Crippen molar-refractivity contribution in [1.29, 1.82) is 0 Å². The second kappa shape index (κ2) is 5.89. The first-order valence-electron chi connectivity index (χ1n) is 6.71. The summed E-state index contributed by atoms with van der Waals surface area (Å²) in [7, 11) is -3.28. The maximum Gasteiger partial charge on any atom is 0.322 e. The summed E-state index contributed by atoms with van der Waals surface area (Å²) in [6.45, 7) is 1.69. The number of nitrogens with one attached hydrogen (secondary N) is 1. The Kier molecular flexibility index (Phi) is 3.89. The molecule has 0 aliphatic carbocycles. The molecule has 2 heterocycles. The molecule has 0 aliphatic heterocycles. The Hall–Kier alpha value is -3.01. The van der Waals surface area contributed by atoms with Crippen molar-refractivity contribution in [2.45, 2.75) is 11.8 Å². The predicted molar refractivity (Wildman–Crippen MR) is 82.0 cm³/mol. The lowest BCUT2D eigenvalue weighted by Crippen LogP contribution is -2.11. The molecule has 124 valence electrons. The monoisotopic (exact) mass is 348 g/mol. The SMILES string of the molecule is Cc1cc(C(=O)Nc2nnc(-c3ccc(S(C)(=O)=O)cc3)o2)on1. The molecule has 0 radical (unpaired) electrons. The average Bonchev–Trinajstić information content (AvgIpc) is 3.16. The summed E-state index contributed by atoms with van der Waals surface area (Å²) in [5.41, 5.74) is 1.09. The van der Waals surface area contributed by atoms with Crippen molar-refractivity contribution >= 4 is 21.8 Å². The van der Waals surface area contributed by atoms with E-state index >= 15 is 0 Å². The molecule has 3 aromatic rings. The quantitative estimate of drug-likeness (QED) is 0.754. The molecule has 24 heavy (non-hydrogen) atoms. The molecule has 1 N–H and O–H groups in total. The van der Waals surface area contributed by atoms with E-state index in [1.54, 1.807) is 6.92 Å². The summed E-state index contributed by atoms with van der Waals surface area (Å²) in [5.74, 6) is -0.415. The zero-order chi connectivity index (χ0) is 17.3. The third-order valence-electron chi connectivity index (χ3n) is 3.03. The number of hydrogen-bond donors (Lipinski definition) is 1. The first-order valence-corrected chi connectivity index (χ1v) is 8.61. The van der Waals surface area contributed by atoms with Gasteiger partial charge in [0.25, 0.3) is 5.91 Å². The molecule has 0 fully saturated rings. The second-order valence-corrected chi connectivity index (χ2v) is 7.01. The van der Waals surface area contributed by atoms with Gasteiger partial charge in [-0.3, -0.25) is 10.1 Å². The molecule has 0 spiro atoms. The summed E-state index contributed by atoms with van der Waals surface area (Å²) in [6.07, 6.45) is 1.12. The Morgan fingerprint density at radius 3 is 2.46 bits per heavy atom. The Labute approximate surface area is 136 Å². The molecule has 2 aromatic heterocycles. The molecule has 10 heteroatoms. The number of benzene rings is 1. The van der Waals surface area contributed by atoms with E-state index in [4.69, 9.17) is 8.94 Å². The fraction of sp³-hybridized carbons (Fsp3) is 0.143. The molecule has 1 aromatic carbocycles. The molecule has 9 nitrogen and oxygen atoms in total. The van der Waals surface area contributed by atoms with E-state index in [-0.39, 0.29) is 22.6 Å². The van der Waals surface area contributed by atoms with Crippen molar-refractivity contribution in [3.05, 3.63) is 41.8 Å². The van der Waals surface area contributed by atoms with Gasteiger partial charge >= 0.3 is 6.01 Å². The molecule has 0 bridgehead atoms. The number of carbonyl (C=O) groups excluding carboxylic acids is 1. The zero-order valence-corrected chi connectivity index (χ0v) is 13.5. The molecule has 1 amide bonds. The minimum Gasteiger partial charge on any atom is -0.403 e. The van der Waals surface area contributed by atoms with E-state index in [1.807, 2.05) is 0 Å². The van der Waals surface area contributed by atoms with Crippen molar-refractivity contribution in [1.82, 2.24) is 15.4 Å². The van der Waals surface area contributed by atoms with Crippen LogP contribution in [-0.4, -0.2) is 35.9 Å². The van der Waals surface area contributed by atoms with Crippen LogP contribution in [0.1, 0.15) is 16.2 Å². The normalized spacial score (nSPS) is 11.4. The number of aromatic nitrogens is 3. The Morgan fingerprint density at radius 1 is 1.17 bits per heavy atom. The average molecular weight is 348 g/mol. The number of nitrogens with zero attached hydrogens (tertiary/aromatic N) is 3. The molecule has 0 atom stereocenters. The van der Waals surface area contributed by atoms with Crippen molar-refractivity contribution in [2.24, 2.45) is 0 Å². The third kappa shape index (κ3) is 3.33. The van der Waals surface area contributed by atoms with Gasteiger partial charge in [-0.05, 0) is 31.2 Å². The minimum absolute atomic E-state index is 0.0183. The summed E-state index contributed by atoms with van der Waals surface area (Å²) in [6, 6.07) is 7.30. The van der Waals surface area contributed by atoms with Gasteiger partial charge in [-0.25, -0.2) is 8.42 Å². The van der Waals surface area contributed by atoms with Gasteiger partial charge in [0, 0.05) is 17.9 Å². The molecule has 0 aliphatic rings. The van der Waals surface area contributed by atoms with Gasteiger partial charge in [0.1, 0.15) is 0 Å². The number of anilines is 1. The first kappa shape index (κ1) is 15.9. The van der Waals surface area contributed by atoms with Crippen LogP contribution in [0.3, 0.4) is 0 Å². The zero-order valence-electron chi connectivity index (χ0n) is 12.7. The van der Waals surface area contributed by atoms with E-state index in [0.717, 1.165) is 6.26 Å². The molecule has 0 saturated carbocycles. The number of sulfone groups is 1. The fourth-order valence-corrected chi connectivity index (χ4v) is 2.49. The molecular formula is C14H12N4O5S. The lowest BCUT2D eigenvalue weighted by atomic mass is 10.2. The van der Waals surface area contributed by atoms with E-state index < -0.39 is 15.7 Å². The van der Waals surface area contributed by atoms with Crippen LogP contribution in [0, 0.1) is 6.92 Å². The van der Waals surface area contributed by atoms with Gasteiger partial charge in [-0.15, -0.1) is 5.10 Å². The van der Waals surface area contributed by atoms with Gasteiger partial charge in [0.2, 0.25) is 11.7 Å². The van der Waals surface area contributed by atoms with Crippen molar-refractivity contribution in [3.8, 4) is 11.5 Å². The second-order valence-electron chi connectivity index (χ2n) is 5.00. The Morgan fingerprint density at radius 2 is 1.88 bits per heavy atom. The smallest absolute Gasteiger partial charge is 0.322 e. The molecular weight excluding hydrogens is 336 g/mol. The standard InChI is InChI=1S/C14H12N4O5S/c1-8-7-11(23-18-8)12(19)15-14-17-16-13(22-14)9-3-5-10(6-4-9)24(2,20)21/h3-7H,1-2H3,(H,15,17,19). The van der Waals surface area contributed by atoms with Crippen molar-refractivity contribution in [3.63, 3.8) is 0 Å². The fourth-order valence-electron chi connectivity index (χ4n) is 1.86. The molecule has 3 rings (SSSR count). The summed E-state index contributed by atoms with van der Waals surface area (Å²) in [5, 5.41) is 13.5. The Bertz CT molecular complexity index is 988. The van der Waals surface area contributed by atoms with Gasteiger partial charge in [-0.2, -0.15) is 0 Å². The summed E-state index contributed by atoms with van der Waals surface area (Å²) < 4.78 is 33.0. The van der Waals surface area contributed by atoms with E-state index in [9.17, 15) is 13.2 Å². The number of rotatable bonds is 4. The maximum absolute atomic E-state index is 11.9. The highest BCUT2D eigenvalue weighted by molar-refractivity contribution is 7.90. The van der Waals surface area contributed by atoms with E-state index in [1.165, 1.54) is 30.3 Å². The van der Waals surface area contributed by atoms with Crippen molar-refractivity contribution < 1.29 is 22.2 Å². The van der Waals surface area contributed by atoms with Gasteiger partial charge < -0.3 is 8.94 Å². The molecule has 0 unspecified atom stereocenters. The van der Waals surface area contributed by atoms with Gasteiger partial charge in [0.05, 0.1) is 10.6 Å². The van der Waals surface area contributed by atoms with Crippen LogP contribution in [-0.2, 0) is 9.84 Å². The van der Waals surface area contributed by atoms with Crippen LogP contribution in [0.25, 0.3) is 11.5 Å². The van der Waals surface area contributed by atoms with Crippen LogP contribution in [0.5, 0.6) is 0 Å². The van der Waals surface area contributed by atoms with E-state index in [0.29, 0.717) is 11.3 Å². The highest BCUT2D eigenvalue weighted by atomic mass is 32.2. The lowest BCUT2D eigenvalue weighted by Gasteiger charge is -1.99. The van der Waals surface area contributed by atoms with Crippen LogP contribution in [0.2, 0.25) is 0 Å². The number of carbonyl (C=O) groups is 1. The largest absolute Gasteiger partial charge is 0.403 e. The van der Waals surface area contributed by atoms with Crippen LogP contribution in [0.15, 0.2) is 44.2 Å². The number of amides is 1. The predicted octanol–water partition coefficient (Wildman–Crippen LogP) is 1.69. The first-order chi connectivity index (χ1) is 11.3. The van der Waals surface area contributed by atoms with E-state index in [2.05, 4.69) is 20.7 Å². The van der Waals surface area contributed by atoms with Gasteiger partial charge in [0.15, 0.2) is 9.84 Å². The number of aryl methyl sites for hydroxylation is 1. The topological polar surface area (TPSA) is 128 Å². The van der Waals surface area contributed by atoms with Crippen molar-refractivity contribution in [2.75, 3.05) is 11.6 Å². The van der Waals surface area contributed by atoms with Crippen LogP contribution < -0.4 is 5.32 Å². The highest BCUT2D eigenvalue weighted by Gasteiger charge is 2.16. The maximum atomic E-state index is 11.9. The summed E-state index contributed by atoms with van der Waals surface area (Å²) in [4.78, 5) is 12.1. The lowest BCUT2D eigenvalue weighted by molar-refractivity contribution is 0.0985. The Balaban J connectivity index is 1.77.